The number of aromatic nitrogens is 1. The smallest absolute Gasteiger partial charge is 0.0719 e. The van der Waals surface area contributed by atoms with Gasteiger partial charge >= 0.3 is 0 Å². The Hall–Kier alpha value is -1.67. The fraction of sp³-hybridized carbons (Fsp3) is 0.214. The number of benzene rings is 1. The van der Waals surface area contributed by atoms with E-state index >= 15 is 0 Å². The molecular weight excluding hydrogens is 198 g/mol. The van der Waals surface area contributed by atoms with Gasteiger partial charge in [0.2, 0.25) is 0 Å². The van der Waals surface area contributed by atoms with E-state index in [9.17, 15) is 0 Å². The Balaban J connectivity index is 2.14. The van der Waals surface area contributed by atoms with Gasteiger partial charge in [-0.25, -0.2) is 0 Å². The zero-order valence-corrected chi connectivity index (χ0v) is 9.02. The van der Waals surface area contributed by atoms with E-state index in [1.54, 1.807) is 0 Å². The third-order valence-corrected chi connectivity index (χ3v) is 3.00. The van der Waals surface area contributed by atoms with E-state index in [0.29, 0.717) is 0 Å². The molecule has 0 radical (unpaired) electrons. The second-order valence-corrected chi connectivity index (χ2v) is 3.99. The van der Waals surface area contributed by atoms with Crippen molar-refractivity contribution < 1.29 is 4.74 Å². The largest absolute Gasteiger partial charge is 0.376 e. The molecule has 1 aromatic heterocycles. The lowest BCUT2D eigenvalue weighted by Crippen LogP contribution is -2.10. The van der Waals surface area contributed by atoms with Crippen LogP contribution in [0.25, 0.3) is 11.1 Å². The average Bonchev–Trinajstić information content (AvgIpc) is 2.39. The quantitative estimate of drug-likeness (QED) is 0.723. The van der Waals surface area contributed by atoms with E-state index in [0.717, 1.165) is 19.6 Å². The van der Waals surface area contributed by atoms with Crippen molar-refractivity contribution in [3.8, 4) is 11.1 Å². The second kappa shape index (κ2) is 4.06. The van der Waals surface area contributed by atoms with Gasteiger partial charge in [-0.05, 0) is 29.2 Å². The number of ether oxygens (including phenoxy) is 1. The van der Waals surface area contributed by atoms with Gasteiger partial charge in [-0.15, -0.1) is 0 Å². The normalized spacial score (nSPS) is 14.5. The van der Waals surface area contributed by atoms with E-state index in [4.69, 9.17) is 4.74 Å². The van der Waals surface area contributed by atoms with E-state index in [2.05, 4.69) is 29.2 Å². The Morgan fingerprint density at radius 2 is 2.12 bits per heavy atom. The predicted molar refractivity (Wildman–Crippen MR) is 63.0 cm³/mol. The van der Waals surface area contributed by atoms with Gasteiger partial charge in [0.05, 0.1) is 13.2 Å². The van der Waals surface area contributed by atoms with Crippen LogP contribution in [0.3, 0.4) is 0 Å². The summed E-state index contributed by atoms with van der Waals surface area (Å²) in [5, 5.41) is 0. The van der Waals surface area contributed by atoms with Crippen molar-refractivity contribution in [1.29, 1.82) is 0 Å². The molecule has 3 rings (SSSR count). The maximum Gasteiger partial charge on any atom is 0.0719 e. The fourth-order valence-corrected chi connectivity index (χ4v) is 2.21. The minimum atomic E-state index is 0.740. The maximum atomic E-state index is 5.47. The van der Waals surface area contributed by atoms with Crippen LogP contribution in [0.2, 0.25) is 0 Å². The summed E-state index contributed by atoms with van der Waals surface area (Å²) in [5.41, 5.74) is 5.23. The Morgan fingerprint density at radius 3 is 3.00 bits per heavy atom. The summed E-state index contributed by atoms with van der Waals surface area (Å²) < 4.78 is 5.47. The number of rotatable bonds is 1. The first-order valence-corrected chi connectivity index (χ1v) is 5.54. The van der Waals surface area contributed by atoms with Crippen LogP contribution in [0.1, 0.15) is 11.1 Å². The van der Waals surface area contributed by atoms with Crippen molar-refractivity contribution in [2.75, 3.05) is 6.61 Å². The summed E-state index contributed by atoms with van der Waals surface area (Å²) in [7, 11) is 0. The summed E-state index contributed by atoms with van der Waals surface area (Å²) in [6.45, 7) is 1.56. The van der Waals surface area contributed by atoms with Gasteiger partial charge < -0.3 is 4.74 Å². The maximum absolute atomic E-state index is 5.47. The van der Waals surface area contributed by atoms with E-state index in [-0.39, 0.29) is 0 Å². The standard InChI is InChI=1S/C14H13NO/c1-3-12-10-16-8-6-14(12)13(5-1)11-4-2-7-15-9-11/h1-5,7,9H,6,8,10H2. The van der Waals surface area contributed by atoms with Crippen LogP contribution >= 0.6 is 0 Å². The molecule has 1 aliphatic heterocycles. The molecule has 1 aliphatic rings. The minimum absolute atomic E-state index is 0.740. The van der Waals surface area contributed by atoms with Crippen LogP contribution in [0.15, 0.2) is 42.7 Å². The molecule has 2 heteroatoms. The SMILES string of the molecule is c1cncc(-c2cccc3c2CCOC3)c1. The van der Waals surface area contributed by atoms with Crippen molar-refractivity contribution in [2.24, 2.45) is 0 Å². The summed E-state index contributed by atoms with van der Waals surface area (Å²) >= 11 is 0. The summed E-state index contributed by atoms with van der Waals surface area (Å²) in [6.07, 6.45) is 4.73. The third-order valence-electron chi connectivity index (χ3n) is 3.00. The lowest BCUT2D eigenvalue weighted by Gasteiger charge is -2.19. The molecular formula is C14H13NO. The third kappa shape index (κ3) is 1.61. The molecule has 0 fully saturated rings. The first kappa shape index (κ1) is 9.55. The Kier molecular flexibility index (Phi) is 2.43. The van der Waals surface area contributed by atoms with Crippen molar-refractivity contribution in [3.05, 3.63) is 53.9 Å². The molecule has 0 atom stereocenters. The van der Waals surface area contributed by atoms with E-state index in [1.165, 1.54) is 22.3 Å². The summed E-state index contributed by atoms with van der Waals surface area (Å²) in [5.74, 6) is 0. The average molecular weight is 211 g/mol. The van der Waals surface area contributed by atoms with Gasteiger partial charge in [0.15, 0.2) is 0 Å². The van der Waals surface area contributed by atoms with Gasteiger partial charge in [0.25, 0.3) is 0 Å². The van der Waals surface area contributed by atoms with Crippen molar-refractivity contribution in [1.82, 2.24) is 4.98 Å². The molecule has 1 aromatic carbocycles. The monoisotopic (exact) mass is 211 g/mol. The molecule has 0 spiro atoms. The second-order valence-electron chi connectivity index (χ2n) is 3.99. The number of nitrogens with zero attached hydrogens (tertiary/aromatic N) is 1. The zero-order valence-electron chi connectivity index (χ0n) is 9.02. The first-order chi connectivity index (χ1) is 7.95. The molecule has 80 valence electrons. The van der Waals surface area contributed by atoms with Gasteiger partial charge in [0, 0.05) is 18.0 Å². The highest BCUT2D eigenvalue weighted by Crippen LogP contribution is 2.28. The highest BCUT2D eigenvalue weighted by Gasteiger charge is 2.13. The van der Waals surface area contributed by atoms with Crippen LogP contribution in [0.5, 0.6) is 0 Å². The van der Waals surface area contributed by atoms with E-state index in [1.807, 2.05) is 18.5 Å². The lowest BCUT2D eigenvalue weighted by atomic mass is 9.93. The first-order valence-electron chi connectivity index (χ1n) is 5.54. The highest BCUT2D eigenvalue weighted by molar-refractivity contribution is 5.68. The molecule has 2 nitrogen and oxygen atoms in total. The molecule has 16 heavy (non-hydrogen) atoms. The zero-order chi connectivity index (χ0) is 10.8. The number of hydrogen-bond donors (Lipinski definition) is 0. The Morgan fingerprint density at radius 1 is 1.12 bits per heavy atom. The van der Waals surface area contributed by atoms with Crippen molar-refractivity contribution in [3.63, 3.8) is 0 Å². The van der Waals surface area contributed by atoms with E-state index < -0.39 is 0 Å². The molecule has 0 saturated heterocycles. The number of fused-ring (bicyclic) bond motifs is 1. The highest BCUT2D eigenvalue weighted by atomic mass is 16.5. The molecule has 0 N–H and O–H groups in total. The van der Waals surface area contributed by atoms with Gasteiger partial charge in [0.1, 0.15) is 0 Å². The predicted octanol–water partition coefficient (Wildman–Crippen LogP) is 2.82. The number of hydrogen-bond acceptors (Lipinski definition) is 2. The minimum Gasteiger partial charge on any atom is -0.376 e. The van der Waals surface area contributed by atoms with Crippen molar-refractivity contribution >= 4 is 0 Å². The van der Waals surface area contributed by atoms with Crippen molar-refractivity contribution in [2.45, 2.75) is 13.0 Å². The summed E-state index contributed by atoms with van der Waals surface area (Å²) in [6, 6.07) is 10.5. The Bertz CT molecular complexity index is 493. The molecule has 2 heterocycles. The fourth-order valence-electron chi connectivity index (χ4n) is 2.21. The van der Waals surface area contributed by atoms with Gasteiger partial charge in [-0.2, -0.15) is 0 Å². The molecule has 0 amide bonds. The molecule has 0 aliphatic carbocycles. The van der Waals surface area contributed by atoms with Crippen LogP contribution < -0.4 is 0 Å². The van der Waals surface area contributed by atoms with Gasteiger partial charge in [-0.1, -0.05) is 24.3 Å². The van der Waals surface area contributed by atoms with Crippen LogP contribution in [0, 0.1) is 0 Å². The van der Waals surface area contributed by atoms with Crippen LogP contribution in [-0.2, 0) is 17.8 Å². The molecule has 0 saturated carbocycles. The molecule has 0 unspecified atom stereocenters. The van der Waals surface area contributed by atoms with Crippen LogP contribution in [0.4, 0.5) is 0 Å². The lowest BCUT2D eigenvalue weighted by molar-refractivity contribution is 0.111. The van der Waals surface area contributed by atoms with Crippen LogP contribution in [-0.4, -0.2) is 11.6 Å². The summed E-state index contributed by atoms with van der Waals surface area (Å²) in [4.78, 5) is 4.18. The molecule has 2 aromatic rings. The Labute approximate surface area is 94.9 Å². The molecule has 0 bridgehead atoms. The van der Waals surface area contributed by atoms with Gasteiger partial charge in [-0.3, -0.25) is 4.98 Å². The topological polar surface area (TPSA) is 22.1 Å². The number of pyridine rings is 1.